The van der Waals surface area contributed by atoms with Gasteiger partial charge in [0.1, 0.15) is 6.54 Å². The highest BCUT2D eigenvalue weighted by molar-refractivity contribution is 5.96. The predicted molar refractivity (Wildman–Crippen MR) is 88.3 cm³/mol. The molecule has 1 aliphatic rings. The van der Waals surface area contributed by atoms with Crippen LogP contribution in [0.1, 0.15) is 30.9 Å². The van der Waals surface area contributed by atoms with Gasteiger partial charge in [0.05, 0.1) is 5.56 Å². The third-order valence-corrected chi connectivity index (χ3v) is 4.23. The molecule has 1 aromatic carbocycles. The van der Waals surface area contributed by atoms with E-state index in [-0.39, 0.29) is 6.04 Å². The van der Waals surface area contributed by atoms with Crippen LogP contribution in [0.3, 0.4) is 0 Å². The Morgan fingerprint density at radius 1 is 1.23 bits per heavy atom. The van der Waals surface area contributed by atoms with Gasteiger partial charge in [-0.05, 0) is 43.0 Å². The summed E-state index contributed by atoms with van der Waals surface area (Å²) in [5, 5.41) is 9.07. The monoisotopic (exact) mass is 371 g/mol. The largest absolute Gasteiger partial charge is 0.480 e. The summed E-state index contributed by atoms with van der Waals surface area (Å²) < 4.78 is 43.1. The Balaban J connectivity index is 2.18. The van der Waals surface area contributed by atoms with E-state index < -0.39 is 30.2 Å². The van der Waals surface area contributed by atoms with E-state index in [1.54, 1.807) is 6.92 Å². The van der Waals surface area contributed by atoms with Crippen LogP contribution in [0.2, 0.25) is 0 Å². The van der Waals surface area contributed by atoms with Gasteiger partial charge in [-0.25, -0.2) is 0 Å². The maximum Gasteiger partial charge on any atom is 0.416 e. The second-order valence-electron chi connectivity index (χ2n) is 6.11. The molecule has 1 aliphatic heterocycles. The maximum atomic E-state index is 12.6. The molecule has 1 aromatic rings. The number of carbonyl (C=O) groups excluding carboxylic acids is 1. The number of hydrogen-bond donors (Lipinski definition) is 1. The third kappa shape index (κ3) is 5.32. The normalized spacial score (nSPS) is 16.4. The van der Waals surface area contributed by atoms with Crippen LogP contribution in [0.4, 0.5) is 13.2 Å². The Morgan fingerprint density at radius 3 is 2.31 bits per heavy atom. The van der Waals surface area contributed by atoms with Gasteiger partial charge in [0.25, 0.3) is 0 Å². The van der Waals surface area contributed by atoms with Crippen LogP contribution in [0.15, 0.2) is 30.3 Å². The number of aliphatic carboxylic acids is 1. The number of nitrogens with zero attached hydrogens (tertiary/aromatic N) is 1. The second-order valence-corrected chi connectivity index (χ2v) is 6.11. The van der Waals surface area contributed by atoms with Crippen LogP contribution in [0.25, 0.3) is 5.57 Å². The highest BCUT2D eigenvalue weighted by atomic mass is 19.4. The first-order chi connectivity index (χ1) is 12.2. The minimum atomic E-state index is -4.42. The number of halogens is 3. The van der Waals surface area contributed by atoms with Gasteiger partial charge >= 0.3 is 12.1 Å². The summed E-state index contributed by atoms with van der Waals surface area (Å²) in [6.45, 7) is 2.08. The lowest BCUT2D eigenvalue weighted by Crippen LogP contribution is -2.45. The van der Waals surface area contributed by atoms with Gasteiger partial charge in [0.15, 0.2) is 0 Å². The van der Waals surface area contributed by atoms with Crippen LogP contribution < -0.4 is 0 Å². The van der Waals surface area contributed by atoms with Crippen LogP contribution >= 0.6 is 0 Å². The molecule has 0 radical (unpaired) electrons. The van der Waals surface area contributed by atoms with Gasteiger partial charge in [0, 0.05) is 25.3 Å². The number of amides is 1. The average molecular weight is 371 g/mol. The lowest BCUT2D eigenvalue weighted by atomic mass is 10.0. The minimum Gasteiger partial charge on any atom is -0.480 e. The van der Waals surface area contributed by atoms with E-state index in [1.165, 1.54) is 23.1 Å². The number of hydrogen-bond acceptors (Lipinski definition) is 3. The van der Waals surface area contributed by atoms with Crippen molar-refractivity contribution in [1.82, 2.24) is 4.90 Å². The summed E-state index contributed by atoms with van der Waals surface area (Å²) in [5.41, 5.74) is 0.162. The predicted octanol–water partition coefficient (Wildman–Crippen LogP) is 3.20. The van der Waals surface area contributed by atoms with E-state index in [0.29, 0.717) is 37.2 Å². The van der Waals surface area contributed by atoms with Crippen LogP contribution in [-0.4, -0.2) is 47.7 Å². The van der Waals surface area contributed by atoms with Crippen molar-refractivity contribution in [2.24, 2.45) is 0 Å². The molecule has 0 saturated carbocycles. The average Bonchev–Trinajstić information content (AvgIpc) is 2.59. The van der Waals surface area contributed by atoms with Crippen molar-refractivity contribution >= 4 is 17.4 Å². The van der Waals surface area contributed by atoms with Gasteiger partial charge in [-0.15, -0.1) is 0 Å². The summed E-state index contributed by atoms with van der Waals surface area (Å²) in [7, 11) is 0. The molecule has 0 aliphatic carbocycles. The fraction of sp³-hybridized carbons (Fsp3) is 0.444. The molecule has 2 rings (SSSR count). The summed E-state index contributed by atoms with van der Waals surface area (Å²) in [6.07, 6.45) is -2.06. The second kappa shape index (κ2) is 8.35. The molecule has 1 amide bonds. The maximum absolute atomic E-state index is 12.6. The smallest absolute Gasteiger partial charge is 0.416 e. The number of carboxylic acids is 1. The Bertz CT molecular complexity index is 677. The van der Waals surface area contributed by atoms with Gasteiger partial charge < -0.3 is 14.7 Å². The Labute approximate surface area is 149 Å². The zero-order valence-electron chi connectivity index (χ0n) is 14.3. The molecule has 0 atom stereocenters. The van der Waals surface area contributed by atoms with Gasteiger partial charge in [0.2, 0.25) is 5.91 Å². The lowest BCUT2D eigenvalue weighted by molar-refractivity contribution is -0.145. The zero-order valence-corrected chi connectivity index (χ0v) is 14.3. The molecule has 0 unspecified atom stereocenters. The molecule has 0 aromatic heterocycles. The summed E-state index contributed by atoms with van der Waals surface area (Å²) in [5.74, 6) is -1.60. The van der Waals surface area contributed by atoms with Crippen LogP contribution in [0.5, 0.6) is 0 Å². The van der Waals surface area contributed by atoms with Crippen molar-refractivity contribution in [3.63, 3.8) is 0 Å². The minimum absolute atomic E-state index is 0.232. The highest BCUT2D eigenvalue weighted by Crippen LogP contribution is 2.30. The summed E-state index contributed by atoms with van der Waals surface area (Å²) in [4.78, 5) is 24.9. The Morgan fingerprint density at radius 2 is 1.81 bits per heavy atom. The van der Waals surface area contributed by atoms with Crippen molar-refractivity contribution in [2.75, 3.05) is 19.8 Å². The topological polar surface area (TPSA) is 66.8 Å². The zero-order chi connectivity index (χ0) is 19.3. The molecular weight excluding hydrogens is 351 g/mol. The number of carbonyl (C=O) groups is 2. The third-order valence-electron chi connectivity index (χ3n) is 4.23. The molecule has 5 nitrogen and oxygen atoms in total. The SMILES string of the molecule is C/C(=C\C(=O)N(CC(=O)O)C1CCOCC1)c1ccc(C(F)(F)F)cc1. The standard InChI is InChI=1S/C18H20F3NO4/c1-12(13-2-4-14(5-3-13)18(19,20)21)10-16(23)22(11-17(24)25)15-6-8-26-9-7-15/h2-5,10,15H,6-9,11H2,1H3,(H,24,25)/b12-10+. The van der Waals surface area contributed by atoms with Gasteiger partial charge in [-0.1, -0.05) is 12.1 Å². The summed E-state index contributed by atoms with van der Waals surface area (Å²) >= 11 is 0. The first kappa shape index (κ1) is 20.0. The van der Waals surface area contributed by atoms with Crippen molar-refractivity contribution in [1.29, 1.82) is 0 Å². The fourth-order valence-corrected chi connectivity index (χ4v) is 2.80. The number of benzene rings is 1. The number of carboxylic acid groups (broad SMARTS) is 1. The van der Waals surface area contributed by atoms with Crippen molar-refractivity contribution in [2.45, 2.75) is 32.0 Å². The molecule has 1 fully saturated rings. The number of rotatable bonds is 5. The van der Waals surface area contributed by atoms with E-state index in [2.05, 4.69) is 0 Å². The molecule has 1 saturated heterocycles. The molecular formula is C18H20F3NO4. The molecule has 0 bridgehead atoms. The molecule has 1 heterocycles. The van der Waals surface area contributed by atoms with E-state index >= 15 is 0 Å². The van der Waals surface area contributed by atoms with Crippen LogP contribution in [-0.2, 0) is 20.5 Å². The molecule has 0 spiro atoms. The number of alkyl halides is 3. The van der Waals surface area contributed by atoms with Crippen molar-refractivity contribution < 1.29 is 32.6 Å². The van der Waals surface area contributed by atoms with Gasteiger partial charge in [-0.2, -0.15) is 13.2 Å². The summed E-state index contributed by atoms with van der Waals surface area (Å²) in [6, 6.07) is 4.24. The molecule has 142 valence electrons. The van der Waals surface area contributed by atoms with E-state index in [9.17, 15) is 22.8 Å². The van der Waals surface area contributed by atoms with E-state index in [0.717, 1.165) is 12.1 Å². The Hall–Kier alpha value is -2.35. The van der Waals surface area contributed by atoms with E-state index in [1.807, 2.05) is 0 Å². The fourth-order valence-electron chi connectivity index (χ4n) is 2.80. The first-order valence-electron chi connectivity index (χ1n) is 8.14. The number of allylic oxidation sites excluding steroid dienone is 1. The van der Waals surface area contributed by atoms with E-state index in [4.69, 9.17) is 9.84 Å². The number of ether oxygens (including phenoxy) is 1. The molecule has 8 heteroatoms. The molecule has 1 N–H and O–H groups in total. The lowest BCUT2D eigenvalue weighted by Gasteiger charge is -2.32. The van der Waals surface area contributed by atoms with Crippen molar-refractivity contribution in [3.8, 4) is 0 Å². The highest BCUT2D eigenvalue weighted by Gasteiger charge is 2.30. The van der Waals surface area contributed by atoms with Crippen molar-refractivity contribution in [3.05, 3.63) is 41.5 Å². The van der Waals surface area contributed by atoms with Gasteiger partial charge in [-0.3, -0.25) is 9.59 Å². The molecule has 26 heavy (non-hydrogen) atoms. The first-order valence-corrected chi connectivity index (χ1v) is 8.14. The van der Waals surface area contributed by atoms with Crippen LogP contribution in [0, 0.1) is 0 Å². The Kier molecular flexibility index (Phi) is 6.42. The quantitative estimate of drug-likeness (QED) is 0.808.